The number of rotatable bonds is 14. The summed E-state index contributed by atoms with van der Waals surface area (Å²) in [4.78, 5) is 28.9. The lowest BCUT2D eigenvalue weighted by atomic mass is 9.95. The van der Waals surface area contributed by atoms with Gasteiger partial charge in [-0.2, -0.15) is 0 Å². The van der Waals surface area contributed by atoms with Crippen molar-refractivity contribution in [1.82, 2.24) is 10.2 Å². The molecule has 1 aliphatic heterocycles. The highest BCUT2D eigenvalue weighted by Gasteiger charge is 2.48. The number of aromatic nitrogens is 2. The Morgan fingerprint density at radius 3 is 2.38 bits per heavy atom. The highest BCUT2D eigenvalue weighted by atomic mass is 32.2. The Balaban J connectivity index is 1.34. The van der Waals surface area contributed by atoms with Crippen LogP contribution in [0.1, 0.15) is 54.1 Å². The van der Waals surface area contributed by atoms with Gasteiger partial charge in [0.1, 0.15) is 23.9 Å². The van der Waals surface area contributed by atoms with Crippen molar-refractivity contribution in [2.75, 3.05) is 18.6 Å². The average Bonchev–Trinajstić information content (AvgIpc) is 3.72. The Hall–Kier alpha value is -5.20. The number of methoxy groups -OCH3 is 1. The highest BCUT2D eigenvalue weighted by Crippen LogP contribution is 2.46. The van der Waals surface area contributed by atoms with Crippen LogP contribution in [0.25, 0.3) is 5.76 Å². The number of hydrogen-bond acceptors (Lipinski definition) is 10. The molecule has 0 saturated carbocycles. The smallest absolute Gasteiger partial charge is 0.301 e. The van der Waals surface area contributed by atoms with Gasteiger partial charge in [-0.15, -0.1) is 10.2 Å². The third-order valence-electron chi connectivity index (χ3n) is 8.59. The summed E-state index contributed by atoms with van der Waals surface area (Å²) in [6, 6.07) is 25.2. The summed E-state index contributed by atoms with van der Waals surface area (Å²) in [5.41, 5.74) is 3.35. The largest absolute Gasteiger partial charge is 0.507 e. The fraction of sp³-hybridized carbons (Fsp3) is 0.250. The molecular weight excluding hydrogens is 702 g/mol. The Bertz CT molecular complexity index is 2100. The number of thioether (sulfide) groups is 1. The fourth-order valence-corrected chi connectivity index (χ4v) is 7.49. The van der Waals surface area contributed by atoms with E-state index >= 15 is 0 Å². The normalized spacial score (nSPS) is 15.3. The molecule has 1 unspecified atom stereocenters. The topological polar surface area (TPSA) is 111 Å². The first kappa shape index (κ1) is 36.6. The number of carbonyl (C=O) groups is 2. The second-order valence-corrected chi connectivity index (χ2v) is 14.8. The van der Waals surface area contributed by atoms with Gasteiger partial charge in [-0.05, 0) is 84.0 Å². The zero-order valence-electron chi connectivity index (χ0n) is 29.2. The molecule has 1 amide bonds. The van der Waals surface area contributed by atoms with Crippen LogP contribution in [0.5, 0.6) is 17.2 Å². The van der Waals surface area contributed by atoms with Crippen molar-refractivity contribution in [2.24, 2.45) is 5.92 Å². The van der Waals surface area contributed by atoms with Gasteiger partial charge in [-0.3, -0.25) is 14.5 Å². The number of amides is 1. The van der Waals surface area contributed by atoms with Gasteiger partial charge in [0.2, 0.25) is 5.13 Å². The number of hydrogen-bond donors (Lipinski definition) is 1. The molecule has 268 valence electrons. The van der Waals surface area contributed by atoms with Crippen LogP contribution in [-0.2, 0) is 21.9 Å². The second kappa shape index (κ2) is 16.4. The summed E-state index contributed by atoms with van der Waals surface area (Å²) in [5, 5.41) is 20.4. The molecule has 1 fully saturated rings. The lowest BCUT2D eigenvalue weighted by Gasteiger charge is -2.23. The lowest BCUT2D eigenvalue weighted by molar-refractivity contribution is -0.132. The summed E-state index contributed by atoms with van der Waals surface area (Å²) < 4.78 is 32.4. The highest BCUT2D eigenvalue weighted by molar-refractivity contribution is 8.00. The molecule has 1 N–H and O–H groups in total. The minimum Gasteiger partial charge on any atom is -0.507 e. The first-order valence-corrected chi connectivity index (χ1v) is 18.5. The van der Waals surface area contributed by atoms with Crippen LogP contribution in [0.15, 0.2) is 101 Å². The number of nitrogens with zero attached hydrogens (tertiary/aromatic N) is 3. The summed E-state index contributed by atoms with van der Waals surface area (Å²) in [5.74, 6) is -0.216. The van der Waals surface area contributed by atoms with Crippen molar-refractivity contribution in [3.05, 3.63) is 130 Å². The summed E-state index contributed by atoms with van der Waals surface area (Å²) in [6.07, 6.45) is 0.842. The van der Waals surface area contributed by atoms with Gasteiger partial charge in [0, 0.05) is 11.3 Å². The number of halogens is 1. The van der Waals surface area contributed by atoms with E-state index in [0.717, 1.165) is 28.9 Å². The molecule has 0 bridgehead atoms. The number of aliphatic hydroxyl groups excluding tert-OH is 1. The Kier molecular flexibility index (Phi) is 11.6. The lowest BCUT2D eigenvalue weighted by Crippen LogP contribution is -2.29. The number of anilines is 1. The Labute approximate surface area is 310 Å². The first-order chi connectivity index (χ1) is 25.1. The number of carbonyl (C=O) groups excluding carboxylic acids is 2. The van der Waals surface area contributed by atoms with E-state index in [1.807, 2.05) is 31.2 Å². The minimum atomic E-state index is -1.08. The van der Waals surface area contributed by atoms with E-state index in [-0.39, 0.29) is 22.3 Å². The fourth-order valence-electron chi connectivity index (χ4n) is 5.63. The van der Waals surface area contributed by atoms with Crippen molar-refractivity contribution < 1.29 is 33.3 Å². The zero-order valence-corrected chi connectivity index (χ0v) is 30.8. The molecule has 1 aromatic heterocycles. The van der Waals surface area contributed by atoms with E-state index in [2.05, 4.69) is 24.0 Å². The SMILES string of the molecule is COc1cc(C2C(=C(O)c3ccc(OCc4ccccc4C)cc3)C(=O)C(=O)N2c2nnc(SCc3ccccc3F)s2)ccc1OCCC(C)C. The molecule has 5 aromatic rings. The molecule has 9 nitrogen and oxygen atoms in total. The number of ketones is 1. The van der Waals surface area contributed by atoms with Crippen LogP contribution in [0.4, 0.5) is 9.52 Å². The third kappa shape index (κ3) is 8.13. The molecule has 1 saturated heterocycles. The number of aryl methyl sites for hydroxylation is 1. The van der Waals surface area contributed by atoms with Crippen LogP contribution in [0.2, 0.25) is 0 Å². The van der Waals surface area contributed by atoms with Gasteiger partial charge in [0.25, 0.3) is 5.78 Å². The number of aliphatic hydroxyl groups is 1. The predicted octanol–water partition coefficient (Wildman–Crippen LogP) is 8.92. The van der Waals surface area contributed by atoms with Gasteiger partial charge in [0.15, 0.2) is 15.8 Å². The third-order valence-corrected chi connectivity index (χ3v) is 10.7. The molecule has 1 aliphatic rings. The maximum absolute atomic E-state index is 14.3. The minimum absolute atomic E-state index is 0.120. The predicted molar refractivity (Wildman–Crippen MR) is 201 cm³/mol. The van der Waals surface area contributed by atoms with Crippen LogP contribution >= 0.6 is 23.1 Å². The summed E-state index contributed by atoms with van der Waals surface area (Å²) in [7, 11) is 1.51. The second-order valence-electron chi connectivity index (χ2n) is 12.6. The van der Waals surface area contributed by atoms with Gasteiger partial charge in [-0.25, -0.2) is 4.39 Å². The molecular formula is C40H38FN3O6S2. The van der Waals surface area contributed by atoms with E-state index in [1.165, 1.54) is 29.8 Å². The van der Waals surface area contributed by atoms with Crippen LogP contribution in [0, 0.1) is 18.7 Å². The van der Waals surface area contributed by atoms with E-state index in [4.69, 9.17) is 14.2 Å². The van der Waals surface area contributed by atoms with Crippen molar-refractivity contribution in [3.8, 4) is 17.2 Å². The number of benzene rings is 4. The van der Waals surface area contributed by atoms with E-state index in [1.54, 1.807) is 60.7 Å². The van der Waals surface area contributed by atoms with Gasteiger partial charge in [0.05, 0.1) is 25.3 Å². The maximum Gasteiger partial charge on any atom is 0.301 e. The Morgan fingerprint density at radius 2 is 1.67 bits per heavy atom. The zero-order chi connectivity index (χ0) is 36.8. The molecule has 52 heavy (non-hydrogen) atoms. The van der Waals surface area contributed by atoms with E-state index in [9.17, 15) is 19.1 Å². The van der Waals surface area contributed by atoms with Crippen LogP contribution in [0.3, 0.4) is 0 Å². The van der Waals surface area contributed by atoms with E-state index in [0.29, 0.717) is 63.2 Å². The number of ether oxygens (including phenoxy) is 3. The van der Waals surface area contributed by atoms with Crippen molar-refractivity contribution in [3.63, 3.8) is 0 Å². The molecule has 12 heteroatoms. The maximum atomic E-state index is 14.3. The van der Waals surface area contributed by atoms with E-state index < -0.39 is 17.7 Å². The first-order valence-electron chi connectivity index (χ1n) is 16.7. The quantitative estimate of drug-likeness (QED) is 0.0393. The number of Topliss-reactive ketones (excluding diaryl/α,β-unsaturated/α-hetero) is 1. The molecule has 2 heterocycles. The van der Waals surface area contributed by atoms with Gasteiger partial charge in [-0.1, -0.05) is 85.5 Å². The van der Waals surface area contributed by atoms with Crippen molar-refractivity contribution >= 4 is 45.7 Å². The standard InChI is InChI=1S/C40H38FN3O6S2/c1-24(2)19-20-49-32-18-15-27(21-33(32)48-4)35-34(36(45)26-13-16-30(17-14-26)50-22-28-10-6-5-9-25(28)3)37(46)38(47)44(35)39-42-43-40(52-39)51-23-29-11-7-8-12-31(29)41/h5-18,21,24,35,45H,19-20,22-23H2,1-4H3. The van der Waals surface area contributed by atoms with Crippen molar-refractivity contribution in [2.45, 2.75) is 49.9 Å². The average molecular weight is 740 g/mol. The molecule has 0 aliphatic carbocycles. The van der Waals surface area contributed by atoms with Gasteiger partial charge >= 0.3 is 5.91 Å². The summed E-state index contributed by atoms with van der Waals surface area (Å²) in [6.45, 7) is 7.08. The van der Waals surface area contributed by atoms with Crippen LogP contribution < -0.4 is 19.1 Å². The molecule has 1 atom stereocenters. The molecule has 6 rings (SSSR count). The summed E-state index contributed by atoms with van der Waals surface area (Å²) >= 11 is 2.36. The molecule has 0 radical (unpaired) electrons. The molecule has 0 spiro atoms. The molecule has 4 aromatic carbocycles. The van der Waals surface area contributed by atoms with Gasteiger partial charge < -0.3 is 19.3 Å². The Morgan fingerprint density at radius 1 is 0.942 bits per heavy atom. The monoisotopic (exact) mass is 739 g/mol. The van der Waals surface area contributed by atoms with Crippen LogP contribution in [-0.4, -0.2) is 40.7 Å². The van der Waals surface area contributed by atoms with Crippen molar-refractivity contribution in [1.29, 1.82) is 0 Å².